The summed E-state index contributed by atoms with van der Waals surface area (Å²) in [6.07, 6.45) is 0. The third kappa shape index (κ3) is 4.49. The molecule has 0 aliphatic heterocycles. The molecule has 0 spiro atoms. The molecular formula is C49H33N3O. The quantitative estimate of drug-likeness (QED) is 0.186. The zero-order valence-electron chi connectivity index (χ0n) is 29.3. The number of furan rings is 1. The second-order valence-corrected chi connectivity index (χ2v) is 14.6. The van der Waals surface area contributed by atoms with Crippen LogP contribution in [0.4, 0.5) is 0 Å². The summed E-state index contributed by atoms with van der Waals surface area (Å²) >= 11 is 0. The fourth-order valence-electron chi connectivity index (χ4n) is 8.59. The molecule has 53 heavy (non-hydrogen) atoms. The number of nitrogens with zero attached hydrogens (tertiary/aromatic N) is 3. The normalized spacial score (nSPS) is 13.2. The summed E-state index contributed by atoms with van der Waals surface area (Å²) in [6, 6.07) is 58.1. The fraction of sp³-hybridized carbons (Fsp3) is 0.0612. The molecule has 3 heterocycles. The van der Waals surface area contributed by atoms with Crippen molar-refractivity contribution >= 4 is 43.7 Å². The molecule has 4 heteroatoms. The van der Waals surface area contributed by atoms with Crippen LogP contribution in [0.15, 0.2) is 168 Å². The van der Waals surface area contributed by atoms with Gasteiger partial charge in [-0.05, 0) is 76.9 Å². The van der Waals surface area contributed by atoms with Crippen molar-refractivity contribution in [3.8, 4) is 50.7 Å². The second-order valence-electron chi connectivity index (χ2n) is 14.6. The number of fused-ring (bicyclic) bond motifs is 9. The summed E-state index contributed by atoms with van der Waals surface area (Å²) < 4.78 is 8.69. The van der Waals surface area contributed by atoms with Crippen LogP contribution >= 0.6 is 0 Å². The van der Waals surface area contributed by atoms with Crippen LogP contribution in [0.2, 0.25) is 0 Å². The van der Waals surface area contributed by atoms with E-state index in [2.05, 4.69) is 158 Å². The van der Waals surface area contributed by atoms with E-state index in [0.717, 1.165) is 55.7 Å². The van der Waals surface area contributed by atoms with E-state index < -0.39 is 0 Å². The minimum Gasteiger partial charge on any atom is -0.456 e. The number of para-hydroxylation sites is 2. The van der Waals surface area contributed by atoms with Gasteiger partial charge in [0, 0.05) is 49.3 Å². The summed E-state index contributed by atoms with van der Waals surface area (Å²) in [5, 5.41) is 4.71. The lowest BCUT2D eigenvalue weighted by Crippen LogP contribution is -2.14. The van der Waals surface area contributed by atoms with Crippen molar-refractivity contribution in [2.45, 2.75) is 19.3 Å². The number of hydrogen-bond acceptors (Lipinski definition) is 3. The van der Waals surface area contributed by atoms with Gasteiger partial charge in [-0.1, -0.05) is 123 Å². The van der Waals surface area contributed by atoms with Gasteiger partial charge in [-0.15, -0.1) is 0 Å². The molecule has 250 valence electrons. The molecule has 7 aromatic carbocycles. The summed E-state index contributed by atoms with van der Waals surface area (Å²) in [6.45, 7) is 4.69. The number of aromatic nitrogens is 3. The summed E-state index contributed by atoms with van der Waals surface area (Å²) in [7, 11) is 0. The standard InChI is InChI=1S/C49H33N3O/c1-49(2)40-20-9-6-17-34(40)38-28-45-39(27-41(38)49)35-18-7-10-21-44(35)52(45)33-16-12-15-32(25-33)48-50-42(30-13-4-3-5-14-30)29-43(51-48)31-23-24-37-36-19-8-11-22-46(36)53-47(37)26-31/h3-29H,1-2H3. The monoisotopic (exact) mass is 679 g/mol. The van der Waals surface area contributed by atoms with Crippen LogP contribution in [0.25, 0.3) is 94.5 Å². The van der Waals surface area contributed by atoms with E-state index >= 15 is 0 Å². The van der Waals surface area contributed by atoms with E-state index in [1.807, 2.05) is 24.3 Å². The highest BCUT2D eigenvalue weighted by atomic mass is 16.3. The molecule has 10 aromatic rings. The third-order valence-electron chi connectivity index (χ3n) is 11.2. The Morgan fingerprint density at radius 2 is 1.17 bits per heavy atom. The Balaban J connectivity index is 1.10. The molecule has 0 saturated carbocycles. The van der Waals surface area contributed by atoms with Gasteiger partial charge < -0.3 is 8.98 Å². The minimum atomic E-state index is -0.0724. The van der Waals surface area contributed by atoms with Crippen molar-refractivity contribution in [2.24, 2.45) is 0 Å². The van der Waals surface area contributed by atoms with Crippen LogP contribution in [0.5, 0.6) is 0 Å². The lowest BCUT2D eigenvalue weighted by Gasteiger charge is -2.21. The maximum absolute atomic E-state index is 6.28. The van der Waals surface area contributed by atoms with Gasteiger partial charge in [-0.2, -0.15) is 0 Å². The van der Waals surface area contributed by atoms with Crippen LogP contribution in [0.1, 0.15) is 25.0 Å². The molecule has 0 amide bonds. The Kier molecular flexibility index (Phi) is 6.27. The van der Waals surface area contributed by atoms with E-state index in [0.29, 0.717) is 5.82 Å². The van der Waals surface area contributed by atoms with Gasteiger partial charge >= 0.3 is 0 Å². The van der Waals surface area contributed by atoms with Gasteiger partial charge in [0.1, 0.15) is 11.2 Å². The molecule has 0 bridgehead atoms. The van der Waals surface area contributed by atoms with Gasteiger partial charge in [-0.3, -0.25) is 0 Å². The van der Waals surface area contributed by atoms with Crippen LogP contribution in [0.3, 0.4) is 0 Å². The molecule has 11 rings (SSSR count). The Hall–Kier alpha value is -6.78. The van der Waals surface area contributed by atoms with Gasteiger partial charge in [0.2, 0.25) is 0 Å². The van der Waals surface area contributed by atoms with E-state index in [4.69, 9.17) is 14.4 Å². The first kappa shape index (κ1) is 29.9. The Morgan fingerprint density at radius 3 is 2.06 bits per heavy atom. The molecule has 0 N–H and O–H groups in total. The summed E-state index contributed by atoms with van der Waals surface area (Å²) in [5.74, 6) is 0.672. The van der Waals surface area contributed by atoms with E-state index in [1.54, 1.807) is 0 Å². The maximum Gasteiger partial charge on any atom is 0.160 e. The molecule has 4 nitrogen and oxygen atoms in total. The van der Waals surface area contributed by atoms with E-state index in [-0.39, 0.29) is 5.41 Å². The molecule has 0 unspecified atom stereocenters. The zero-order chi connectivity index (χ0) is 35.3. The SMILES string of the molecule is CC1(C)c2ccccc2-c2cc3c(cc21)c1ccccc1n3-c1cccc(-c2nc(-c3ccccc3)cc(-c3ccc4c(c3)oc3ccccc34)n2)c1. The topological polar surface area (TPSA) is 43.9 Å². The predicted octanol–water partition coefficient (Wildman–Crippen LogP) is 12.8. The van der Waals surface area contributed by atoms with Crippen molar-refractivity contribution < 1.29 is 4.42 Å². The van der Waals surface area contributed by atoms with Gasteiger partial charge in [0.05, 0.1) is 22.4 Å². The van der Waals surface area contributed by atoms with Crippen molar-refractivity contribution in [3.05, 3.63) is 175 Å². The van der Waals surface area contributed by atoms with Crippen LogP contribution < -0.4 is 0 Å². The van der Waals surface area contributed by atoms with Crippen LogP contribution in [0, 0.1) is 0 Å². The lowest BCUT2D eigenvalue weighted by atomic mass is 9.82. The smallest absolute Gasteiger partial charge is 0.160 e. The van der Waals surface area contributed by atoms with Crippen molar-refractivity contribution in [1.82, 2.24) is 14.5 Å². The van der Waals surface area contributed by atoms with E-state index in [9.17, 15) is 0 Å². The number of hydrogen-bond donors (Lipinski definition) is 0. The van der Waals surface area contributed by atoms with Crippen LogP contribution in [-0.2, 0) is 5.41 Å². The Labute approximate surface area is 306 Å². The van der Waals surface area contributed by atoms with Gasteiger partial charge in [0.15, 0.2) is 5.82 Å². The van der Waals surface area contributed by atoms with Crippen molar-refractivity contribution in [3.63, 3.8) is 0 Å². The molecule has 0 fully saturated rings. The highest BCUT2D eigenvalue weighted by molar-refractivity contribution is 6.11. The molecule has 1 aliphatic rings. The summed E-state index contributed by atoms with van der Waals surface area (Å²) in [4.78, 5) is 10.4. The molecular weight excluding hydrogens is 647 g/mol. The average Bonchev–Trinajstić information content (AvgIpc) is 3.82. The van der Waals surface area contributed by atoms with E-state index in [1.165, 1.54) is 44.1 Å². The minimum absolute atomic E-state index is 0.0724. The molecule has 0 radical (unpaired) electrons. The Bertz CT molecular complexity index is 3090. The maximum atomic E-state index is 6.28. The third-order valence-corrected chi connectivity index (χ3v) is 11.2. The van der Waals surface area contributed by atoms with Crippen molar-refractivity contribution in [2.75, 3.05) is 0 Å². The zero-order valence-corrected chi connectivity index (χ0v) is 29.3. The molecule has 0 atom stereocenters. The highest BCUT2D eigenvalue weighted by Crippen LogP contribution is 2.51. The molecule has 1 aliphatic carbocycles. The lowest BCUT2D eigenvalue weighted by molar-refractivity contribution is 0.661. The first-order valence-corrected chi connectivity index (χ1v) is 18.2. The fourth-order valence-corrected chi connectivity index (χ4v) is 8.59. The van der Waals surface area contributed by atoms with Crippen molar-refractivity contribution in [1.29, 1.82) is 0 Å². The highest BCUT2D eigenvalue weighted by Gasteiger charge is 2.36. The average molecular weight is 680 g/mol. The predicted molar refractivity (Wildman–Crippen MR) is 218 cm³/mol. The largest absolute Gasteiger partial charge is 0.456 e. The second kappa shape index (κ2) is 11.1. The number of rotatable bonds is 4. The Morgan fingerprint density at radius 1 is 0.453 bits per heavy atom. The number of benzene rings is 7. The summed E-state index contributed by atoms with van der Waals surface area (Å²) in [5.41, 5.74) is 15.2. The van der Waals surface area contributed by atoms with Gasteiger partial charge in [0.25, 0.3) is 0 Å². The van der Waals surface area contributed by atoms with Gasteiger partial charge in [-0.25, -0.2) is 9.97 Å². The molecule has 3 aromatic heterocycles. The van der Waals surface area contributed by atoms with Crippen LogP contribution in [-0.4, -0.2) is 14.5 Å². The molecule has 0 saturated heterocycles. The first-order valence-electron chi connectivity index (χ1n) is 18.2. The first-order chi connectivity index (χ1) is 26.0.